The molecule has 0 atom stereocenters. The lowest BCUT2D eigenvalue weighted by Crippen LogP contribution is -1.96. The van der Waals surface area contributed by atoms with Crippen LogP contribution in [-0.2, 0) is 0 Å². The fraction of sp³-hybridized carbons (Fsp3) is 0.188. The van der Waals surface area contributed by atoms with E-state index in [1.165, 1.54) is 6.92 Å². The highest BCUT2D eigenvalue weighted by Crippen LogP contribution is 2.41. The monoisotopic (exact) mass is 306 g/mol. The van der Waals surface area contributed by atoms with E-state index in [1.54, 1.807) is 50.6 Å². The summed E-state index contributed by atoms with van der Waals surface area (Å²) in [5.74, 6) is 1.85. The molecule has 5 heteroatoms. The number of rotatable bonds is 5. The second-order valence-corrected chi connectivity index (χ2v) is 4.70. The summed E-state index contributed by atoms with van der Waals surface area (Å²) in [7, 11) is 3.09. The average molecular weight is 307 g/mol. The Balaban J connectivity index is 2.40. The van der Waals surface area contributed by atoms with E-state index in [-0.39, 0.29) is 5.78 Å². The van der Waals surface area contributed by atoms with Crippen molar-refractivity contribution >= 4 is 17.4 Å². The van der Waals surface area contributed by atoms with E-state index in [0.717, 1.165) is 0 Å². The lowest BCUT2D eigenvalue weighted by atomic mass is 10.1. The molecular formula is C16H15ClO4. The number of ketones is 1. The Morgan fingerprint density at radius 1 is 1.00 bits per heavy atom. The maximum absolute atomic E-state index is 11.3. The van der Waals surface area contributed by atoms with Crippen LogP contribution in [0.15, 0.2) is 36.4 Å². The number of ether oxygens (including phenoxy) is 3. The van der Waals surface area contributed by atoms with E-state index in [2.05, 4.69) is 0 Å². The molecule has 110 valence electrons. The summed E-state index contributed by atoms with van der Waals surface area (Å²) in [5.41, 5.74) is 0.527. The smallest absolute Gasteiger partial charge is 0.211 e. The molecule has 0 spiro atoms. The number of Topliss-reactive ketones (excluding diaryl/α,β-unsaturated/α-hetero) is 1. The van der Waals surface area contributed by atoms with Crippen LogP contribution in [0.2, 0.25) is 5.02 Å². The van der Waals surface area contributed by atoms with Gasteiger partial charge in [-0.15, -0.1) is 0 Å². The normalized spacial score (nSPS) is 10.1. The van der Waals surface area contributed by atoms with Crippen molar-refractivity contribution in [2.24, 2.45) is 0 Å². The second kappa shape index (κ2) is 6.50. The maximum atomic E-state index is 11.3. The van der Waals surface area contributed by atoms with E-state index < -0.39 is 0 Å². The molecule has 0 aromatic heterocycles. The van der Waals surface area contributed by atoms with Gasteiger partial charge in [0.2, 0.25) is 5.75 Å². The third-order valence-electron chi connectivity index (χ3n) is 2.93. The molecule has 0 saturated heterocycles. The van der Waals surface area contributed by atoms with E-state index in [1.807, 2.05) is 0 Å². The van der Waals surface area contributed by atoms with E-state index >= 15 is 0 Å². The first-order chi connectivity index (χ1) is 10.1. The third kappa shape index (κ3) is 3.28. The number of para-hydroxylation sites is 1. The minimum atomic E-state index is -0.0571. The first-order valence-electron chi connectivity index (χ1n) is 6.26. The van der Waals surface area contributed by atoms with Crippen LogP contribution in [-0.4, -0.2) is 20.0 Å². The van der Waals surface area contributed by atoms with Crippen molar-refractivity contribution in [2.45, 2.75) is 6.92 Å². The van der Waals surface area contributed by atoms with Crippen molar-refractivity contribution in [3.63, 3.8) is 0 Å². The number of methoxy groups -OCH3 is 2. The average Bonchev–Trinajstić information content (AvgIpc) is 2.49. The predicted molar refractivity (Wildman–Crippen MR) is 81.1 cm³/mol. The number of carbonyl (C=O) groups is 1. The topological polar surface area (TPSA) is 44.8 Å². The molecule has 0 fully saturated rings. The zero-order valence-electron chi connectivity index (χ0n) is 12.0. The highest BCUT2D eigenvalue weighted by molar-refractivity contribution is 6.32. The molecule has 21 heavy (non-hydrogen) atoms. The van der Waals surface area contributed by atoms with E-state index in [0.29, 0.717) is 33.6 Å². The zero-order chi connectivity index (χ0) is 15.4. The van der Waals surface area contributed by atoms with Crippen molar-refractivity contribution in [3.8, 4) is 23.0 Å². The number of carbonyl (C=O) groups excluding carboxylic acids is 1. The third-order valence-corrected chi connectivity index (χ3v) is 3.23. The summed E-state index contributed by atoms with van der Waals surface area (Å²) in [4.78, 5) is 11.3. The SMILES string of the molecule is COc1cccc(OC)c1Oc1ccc(C(C)=O)cc1Cl. The van der Waals surface area contributed by atoms with Crippen LogP contribution < -0.4 is 14.2 Å². The fourth-order valence-electron chi connectivity index (χ4n) is 1.83. The Morgan fingerprint density at radius 3 is 2.10 bits per heavy atom. The lowest BCUT2D eigenvalue weighted by molar-refractivity contribution is 0.101. The molecule has 0 heterocycles. The quantitative estimate of drug-likeness (QED) is 0.770. The van der Waals surface area contributed by atoms with Crippen LogP contribution in [0.3, 0.4) is 0 Å². The summed E-state index contributed by atoms with van der Waals surface area (Å²) >= 11 is 6.16. The van der Waals surface area contributed by atoms with Crippen LogP contribution in [0, 0.1) is 0 Å². The summed E-state index contributed by atoms with van der Waals surface area (Å²) in [6.07, 6.45) is 0. The number of hydrogen-bond donors (Lipinski definition) is 0. The standard InChI is InChI=1S/C16H15ClO4/c1-10(18)11-7-8-13(12(17)9-11)21-16-14(19-2)5-4-6-15(16)20-3/h4-9H,1-3H3. The predicted octanol–water partition coefficient (Wildman–Crippen LogP) is 4.35. The summed E-state index contributed by atoms with van der Waals surface area (Å²) in [6.45, 7) is 1.48. The highest BCUT2D eigenvalue weighted by atomic mass is 35.5. The molecule has 0 aliphatic heterocycles. The van der Waals surface area contributed by atoms with Gasteiger partial charge in [-0.1, -0.05) is 17.7 Å². The van der Waals surface area contributed by atoms with E-state index in [4.69, 9.17) is 25.8 Å². The van der Waals surface area contributed by atoms with Gasteiger partial charge < -0.3 is 14.2 Å². The largest absolute Gasteiger partial charge is 0.493 e. The van der Waals surface area contributed by atoms with Crippen molar-refractivity contribution in [1.29, 1.82) is 0 Å². The minimum absolute atomic E-state index is 0.0571. The van der Waals surface area contributed by atoms with Crippen LogP contribution in [0.5, 0.6) is 23.0 Å². The van der Waals surface area contributed by atoms with Gasteiger partial charge in [0.1, 0.15) is 5.75 Å². The molecule has 4 nitrogen and oxygen atoms in total. The molecule has 0 amide bonds. The number of halogens is 1. The molecule has 0 aliphatic carbocycles. The summed E-state index contributed by atoms with van der Waals surface area (Å²) < 4.78 is 16.3. The van der Waals surface area contributed by atoms with Gasteiger partial charge in [-0.25, -0.2) is 0 Å². The molecule has 0 radical (unpaired) electrons. The minimum Gasteiger partial charge on any atom is -0.493 e. The fourth-order valence-corrected chi connectivity index (χ4v) is 2.05. The molecule has 0 N–H and O–H groups in total. The Labute approximate surface area is 128 Å². The van der Waals surface area contributed by atoms with Crippen molar-refractivity contribution in [3.05, 3.63) is 47.0 Å². The van der Waals surface area contributed by atoms with Gasteiger partial charge in [0.05, 0.1) is 19.2 Å². The molecule has 2 rings (SSSR count). The van der Waals surface area contributed by atoms with E-state index in [9.17, 15) is 4.79 Å². The Morgan fingerprint density at radius 2 is 1.62 bits per heavy atom. The van der Waals surface area contributed by atoms with Crippen LogP contribution in [0.25, 0.3) is 0 Å². The van der Waals surface area contributed by atoms with Crippen LogP contribution in [0.4, 0.5) is 0 Å². The Kier molecular flexibility index (Phi) is 4.70. The van der Waals surface area contributed by atoms with Crippen molar-refractivity contribution in [2.75, 3.05) is 14.2 Å². The maximum Gasteiger partial charge on any atom is 0.211 e. The van der Waals surface area contributed by atoms with Crippen LogP contribution in [0.1, 0.15) is 17.3 Å². The summed E-state index contributed by atoms with van der Waals surface area (Å²) in [6, 6.07) is 10.2. The number of hydrogen-bond acceptors (Lipinski definition) is 4. The van der Waals surface area contributed by atoms with Gasteiger partial charge in [-0.05, 0) is 37.3 Å². The molecule has 2 aromatic rings. The first kappa shape index (κ1) is 15.2. The van der Waals surface area contributed by atoms with Gasteiger partial charge in [0.15, 0.2) is 17.3 Å². The molecule has 0 aliphatic rings. The number of benzene rings is 2. The molecular weight excluding hydrogens is 292 g/mol. The van der Waals surface area contributed by atoms with Gasteiger partial charge in [0.25, 0.3) is 0 Å². The highest BCUT2D eigenvalue weighted by Gasteiger charge is 2.14. The molecule has 2 aromatic carbocycles. The Bertz CT molecular complexity index is 645. The molecule has 0 saturated carbocycles. The second-order valence-electron chi connectivity index (χ2n) is 4.30. The zero-order valence-corrected chi connectivity index (χ0v) is 12.7. The summed E-state index contributed by atoms with van der Waals surface area (Å²) in [5, 5.41) is 0.343. The lowest BCUT2D eigenvalue weighted by Gasteiger charge is -2.14. The molecule has 0 unspecified atom stereocenters. The van der Waals surface area contributed by atoms with Gasteiger partial charge in [-0.3, -0.25) is 4.79 Å². The van der Waals surface area contributed by atoms with Crippen molar-refractivity contribution in [1.82, 2.24) is 0 Å². The van der Waals surface area contributed by atoms with Crippen LogP contribution >= 0.6 is 11.6 Å². The van der Waals surface area contributed by atoms with Gasteiger partial charge >= 0.3 is 0 Å². The molecule has 0 bridgehead atoms. The van der Waals surface area contributed by atoms with Gasteiger partial charge in [-0.2, -0.15) is 0 Å². The Hall–Kier alpha value is -2.20. The van der Waals surface area contributed by atoms with Crippen molar-refractivity contribution < 1.29 is 19.0 Å². The first-order valence-corrected chi connectivity index (χ1v) is 6.64. The van der Waals surface area contributed by atoms with Gasteiger partial charge in [0, 0.05) is 5.56 Å².